The lowest BCUT2D eigenvalue weighted by Crippen LogP contribution is -2.33. The van der Waals surface area contributed by atoms with E-state index in [1.165, 1.54) is 12.2 Å². The Morgan fingerprint density at radius 1 is 1.53 bits per heavy atom. The summed E-state index contributed by atoms with van der Waals surface area (Å²) in [4.78, 5) is 6.85. The van der Waals surface area contributed by atoms with Crippen LogP contribution in [0.1, 0.15) is 23.2 Å². The number of rotatable bonds is 3. The molecule has 3 nitrogen and oxygen atoms in total. The van der Waals surface area contributed by atoms with E-state index in [2.05, 4.69) is 16.9 Å². The summed E-state index contributed by atoms with van der Waals surface area (Å²) in [5.74, 6) is 3.35. The SMILES string of the molecule is Cc1cc(C)c(CO)c(N(C)C2CCSC2)n1. The number of hydrogen-bond donors (Lipinski definition) is 1. The van der Waals surface area contributed by atoms with Crippen molar-refractivity contribution in [3.05, 3.63) is 22.9 Å². The number of aromatic nitrogens is 1. The molecule has 0 radical (unpaired) electrons. The number of hydrogen-bond acceptors (Lipinski definition) is 4. The van der Waals surface area contributed by atoms with Crippen LogP contribution in [0.25, 0.3) is 0 Å². The van der Waals surface area contributed by atoms with Crippen molar-refractivity contribution < 1.29 is 5.11 Å². The smallest absolute Gasteiger partial charge is 0.134 e. The first-order valence-electron chi connectivity index (χ1n) is 6.02. The number of anilines is 1. The van der Waals surface area contributed by atoms with Gasteiger partial charge in [0, 0.05) is 30.1 Å². The van der Waals surface area contributed by atoms with Gasteiger partial charge in [-0.1, -0.05) is 0 Å². The number of nitrogens with zero attached hydrogens (tertiary/aromatic N) is 2. The molecule has 1 atom stereocenters. The number of thioether (sulfide) groups is 1. The molecule has 1 aliphatic heterocycles. The van der Waals surface area contributed by atoms with Gasteiger partial charge in [-0.05, 0) is 37.7 Å². The molecule has 0 aromatic carbocycles. The van der Waals surface area contributed by atoms with E-state index < -0.39 is 0 Å². The predicted octanol–water partition coefficient (Wildman–Crippen LogP) is 2.13. The lowest BCUT2D eigenvalue weighted by molar-refractivity contribution is 0.280. The van der Waals surface area contributed by atoms with E-state index in [1.807, 2.05) is 31.7 Å². The Bertz CT molecular complexity index is 403. The van der Waals surface area contributed by atoms with Crippen molar-refractivity contribution in [2.45, 2.75) is 32.9 Å². The van der Waals surface area contributed by atoms with E-state index in [-0.39, 0.29) is 6.61 Å². The normalized spacial score (nSPS) is 19.6. The zero-order valence-corrected chi connectivity index (χ0v) is 11.5. The molecule has 1 aliphatic rings. The van der Waals surface area contributed by atoms with Crippen molar-refractivity contribution in [2.24, 2.45) is 0 Å². The van der Waals surface area contributed by atoms with Gasteiger partial charge in [0.15, 0.2) is 0 Å². The fourth-order valence-electron chi connectivity index (χ4n) is 2.33. The van der Waals surface area contributed by atoms with Crippen LogP contribution < -0.4 is 4.90 Å². The first-order valence-corrected chi connectivity index (χ1v) is 7.17. The van der Waals surface area contributed by atoms with Gasteiger partial charge in [-0.2, -0.15) is 11.8 Å². The molecule has 1 unspecified atom stereocenters. The van der Waals surface area contributed by atoms with Gasteiger partial charge in [0.1, 0.15) is 5.82 Å². The molecule has 1 N–H and O–H groups in total. The molecule has 0 saturated carbocycles. The van der Waals surface area contributed by atoms with Gasteiger partial charge >= 0.3 is 0 Å². The summed E-state index contributed by atoms with van der Waals surface area (Å²) in [7, 11) is 2.09. The van der Waals surface area contributed by atoms with Crippen molar-refractivity contribution in [1.82, 2.24) is 4.98 Å². The predicted molar refractivity (Wildman–Crippen MR) is 73.8 cm³/mol. The molecule has 0 bridgehead atoms. The molecule has 4 heteroatoms. The van der Waals surface area contributed by atoms with Crippen LogP contribution in [0.15, 0.2) is 6.07 Å². The highest BCUT2D eigenvalue weighted by Crippen LogP contribution is 2.28. The Morgan fingerprint density at radius 3 is 2.88 bits per heavy atom. The fraction of sp³-hybridized carbons (Fsp3) is 0.615. The molecule has 2 rings (SSSR count). The average molecular weight is 252 g/mol. The minimum absolute atomic E-state index is 0.0681. The van der Waals surface area contributed by atoms with E-state index in [4.69, 9.17) is 0 Å². The van der Waals surface area contributed by atoms with Gasteiger partial charge in [-0.3, -0.25) is 0 Å². The lowest BCUT2D eigenvalue weighted by atomic mass is 10.1. The quantitative estimate of drug-likeness (QED) is 0.894. The van der Waals surface area contributed by atoms with E-state index in [1.54, 1.807) is 0 Å². The Kier molecular flexibility index (Phi) is 3.94. The monoisotopic (exact) mass is 252 g/mol. The third-order valence-electron chi connectivity index (χ3n) is 3.40. The highest BCUT2D eigenvalue weighted by molar-refractivity contribution is 7.99. The van der Waals surface area contributed by atoms with Crippen LogP contribution in [-0.2, 0) is 6.61 Å². The highest BCUT2D eigenvalue weighted by atomic mass is 32.2. The lowest BCUT2D eigenvalue weighted by Gasteiger charge is -2.27. The molecule has 1 saturated heterocycles. The van der Waals surface area contributed by atoms with Crippen molar-refractivity contribution >= 4 is 17.6 Å². The Morgan fingerprint density at radius 2 is 2.29 bits per heavy atom. The second-order valence-electron chi connectivity index (χ2n) is 4.67. The first-order chi connectivity index (χ1) is 8.13. The van der Waals surface area contributed by atoms with Gasteiger partial charge in [0.25, 0.3) is 0 Å². The van der Waals surface area contributed by atoms with Crippen LogP contribution in [-0.4, -0.2) is 34.7 Å². The Balaban J connectivity index is 2.35. The second-order valence-corrected chi connectivity index (χ2v) is 5.82. The van der Waals surface area contributed by atoms with Crippen LogP contribution in [0.4, 0.5) is 5.82 Å². The molecular formula is C13H20N2OS. The van der Waals surface area contributed by atoms with Gasteiger partial charge < -0.3 is 10.0 Å². The molecule has 0 spiro atoms. The molecule has 94 valence electrons. The summed E-state index contributed by atoms with van der Waals surface area (Å²) in [6.07, 6.45) is 1.21. The van der Waals surface area contributed by atoms with Gasteiger partial charge in [-0.25, -0.2) is 4.98 Å². The zero-order valence-electron chi connectivity index (χ0n) is 10.7. The van der Waals surface area contributed by atoms with Crippen LogP contribution >= 0.6 is 11.8 Å². The van der Waals surface area contributed by atoms with Gasteiger partial charge in [-0.15, -0.1) is 0 Å². The van der Waals surface area contributed by atoms with E-state index in [9.17, 15) is 5.11 Å². The maximum atomic E-state index is 9.51. The van der Waals surface area contributed by atoms with Crippen molar-refractivity contribution in [3.8, 4) is 0 Å². The third kappa shape index (κ3) is 2.58. The summed E-state index contributed by atoms with van der Waals surface area (Å²) in [5.41, 5.74) is 3.12. The van der Waals surface area contributed by atoms with E-state index in [0.717, 1.165) is 28.4 Å². The first kappa shape index (κ1) is 12.7. The van der Waals surface area contributed by atoms with Crippen LogP contribution in [0.5, 0.6) is 0 Å². The minimum atomic E-state index is 0.0681. The van der Waals surface area contributed by atoms with Gasteiger partial charge in [0.2, 0.25) is 0 Å². The molecule has 2 heterocycles. The summed E-state index contributed by atoms with van der Waals surface area (Å²) in [6, 6.07) is 2.59. The van der Waals surface area contributed by atoms with Gasteiger partial charge in [0.05, 0.1) is 6.61 Å². The maximum absolute atomic E-state index is 9.51. The van der Waals surface area contributed by atoms with Crippen molar-refractivity contribution in [2.75, 3.05) is 23.5 Å². The summed E-state index contributed by atoms with van der Waals surface area (Å²) < 4.78 is 0. The fourth-order valence-corrected chi connectivity index (χ4v) is 3.60. The standard InChI is InChI=1S/C13H20N2OS/c1-9-6-10(2)14-13(12(9)7-16)15(3)11-4-5-17-8-11/h6,11,16H,4-5,7-8H2,1-3H3. The maximum Gasteiger partial charge on any atom is 0.134 e. The molecule has 17 heavy (non-hydrogen) atoms. The number of aryl methyl sites for hydroxylation is 2. The van der Waals surface area contributed by atoms with E-state index >= 15 is 0 Å². The topological polar surface area (TPSA) is 36.4 Å². The van der Waals surface area contributed by atoms with E-state index in [0.29, 0.717) is 6.04 Å². The number of aliphatic hydroxyl groups is 1. The molecular weight excluding hydrogens is 232 g/mol. The summed E-state index contributed by atoms with van der Waals surface area (Å²) >= 11 is 2.00. The highest BCUT2D eigenvalue weighted by Gasteiger charge is 2.23. The van der Waals surface area contributed by atoms with Crippen LogP contribution in [0, 0.1) is 13.8 Å². The molecule has 1 fully saturated rings. The molecule has 1 aromatic heterocycles. The average Bonchev–Trinajstić information content (AvgIpc) is 2.80. The molecule has 0 aliphatic carbocycles. The summed E-state index contributed by atoms with van der Waals surface area (Å²) in [5, 5.41) is 9.51. The van der Waals surface area contributed by atoms with Crippen molar-refractivity contribution in [1.29, 1.82) is 0 Å². The summed E-state index contributed by atoms with van der Waals surface area (Å²) in [6.45, 7) is 4.12. The minimum Gasteiger partial charge on any atom is -0.392 e. The largest absolute Gasteiger partial charge is 0.392 e. The third-order valence-corrected chi connectivity index (χ3v) is 4.54. The molecule has 1 aromatic rings. The van der Waals surface area contributed by atoms with Crippen LogP contribution in [0.2, 0.25) is 0 Å². The van der Waals surface area contributed by atoms with Crippen LogP contribution in [0.3, 0.4) is 0 Å². The molecule has 0 amide bonds. The number of aliphatic hydroxyl groups excluding tert-OH is 1. The zero-order chi connectivity index (χ0) is 12.4. The second kappa shape index (κ2) is 5.27. The number of pyridine rings is 1. The Hall–Kier alpha value is -0.740. The Labute approximate surface area is 107 Å². The van der Waals surface area contributed by atoms with Crippen molar-refractivity contribution in [3.63, 3.8) is 0 Å².